The van der Waals surface area contributed by atoms with E-state index in [1.807, 2.05) is 0 Å². The summed E-state index contributed by atoms with van der Waals surface area (Å²) in [6.45, 7) is 1.31. The van der Waals surface area contributed by atoms with E-state index in [0.29, 0.717) is 16.7 Å². The van der Waals surface area contributed by atoms with Crippen molar-refractivity contribution in [3.63, 3.8) is 0 Å². The van der Waals surface area contributed by atoms with Crippen LogP contribution in [0.2, 0.25) is 0 Å². The molecule has 1 N–H and O–H groups in total. The van der Waals surface area contributed by atoms with Gasteiger partial charge in [-0.1, -0.05) is 42.5 Å². The number of alkyl halides is 3. The van der Waals surface area contributed by atoms with Gasteiger partial charge < -0.3 is 10.1 Å². The van der Waals surface area contributed by atoms with E-state index < -0.39 is 35.4 Å². The second kappa shape index (κ2) is 10.5. The van der Waals surface area contributed by atoms with Crippen LogP contribution in [0.5, 0.6) is 5.75 Å². The Balaban J connectivity index is 1.73. The molecule has 34 heavy (non-hydrogen) atoms. The molecule has 0 bridgehead atoms. The molecule has 0 saturated carbocycles. The molecular weight excluding hydrogens is 457 g/mol. The number of hydrogen-bond donors (Lipinski definition) is 1. The normalized spacial score (nSPS) is 12.2. The number of ether oxygens (including phenoxy) is 1. The predicted molar refractivity (Wildman–Crippen MR) is 115 cm³/mol. The van der Waals surface area contributed by atoms with Gasteiger partial charge in [0.25, 0.3) is 0 Å². The van der Waals surface area contributed by atoms with Crippen LogP contribution in [-0.4, -0.2) is 18.1 Å². The minimum Gasteiger partial charge on any atom is -0.406 e. The zero-order chi connectivity index (χ0) is 24.9. The summed E-state index contributed by atoms with van der Waals surface area (Å²) in [4.78, 5) is 24.0. The van der Waals surface area contributed by atoms with E-state index in [4.69, 9.17) is 0 Å². The third-order valence-electron chi connectivity index (χ3n) is 5.01. The Bertz CT molecular complexity index is 1140. The van der Waals surface area contributed by atoms with Gasteiger partial charge >= 0.3 is 6.36 Å². The lowest BCUT2D eigenvalue weighted by Gasteiger charge is -2.19. The molecule has 3 aromatic rings. The molecule has 1 amide bonds. The summed E-state index contributed by atoms with van der Waals surface area (Å²) in [5.74, 6) is -3.30. The maximum absolute atomic E-state index is 13.9. The van der Waals surface area contributed by atoms with Crippen LogP contribution in [0.4, 0.5) is 22.0 Å². The molecule has 0 unspecified atom stereocenters. The number of benzene rings is 3. The van der Waals surface area contributed by atoms with E-state index in [1.165, 1.54) is 37.3 Å². The molecule has 178 valence electrons. The number of hydrogen-bond acceptors (Lipinski definition) is 3. The van der Waals surface area contributed by atoms with Crippen molar-refractivity contribution in [3.8, 4) is 16.9 Å². The third-order valence-corrected chi connectivity index (χ3v) is 5.01. The third kappa shape index (κ3) is 6.63. The number of rotatable bonds is 8. The van der Waals surface area contributed by atoms with Crippen molar-refractivity contribution in [2.45, 2.75) is 32.2 Å². The Morgan fingerprint density at radius 2 is 1.41 bits per heavy atom. The summed E-state index contributed by atoms with van der Waals surface area (Å²) in [5, 5.41) is 2.72. The number of carbonyl (C=O) groups is 2. The Labute approximate surface area is 192 Å². The Morgan fingerprint density at radius 3 is 1.91 bits per heavy atom. The molecule has 3 rings (SSSR count). The van der Waals surface area contributed by atoms with Gasteiger partial charge in [-0.2, -0.15) is 0 Å². The van der Waals surface area contributed by atoms with Crippen LogP contribution >= 0.6 is 0 Å². The molecule has 0 saturated heterocycles. The Hall–Kier alpha value is -3.75. The largest absolute Gasteiger partial charge is 0.573 e. The zero-order valence-electron chi connectivity index (χ0n) is 18.0. The first-order chi connectivity index (χ1) is 16.0. The fraction of sp³-hybridized carbons (Fsp3) is 0.200. The van der Waals surface area contributed by atoms with Crippen LogP contribution in [0.3, 0.4) is 0 Å². The quantitative estimate of drug-likeness (QED) is 0.303. The predicted octanol–water partition coefficient (Wildman–Crippen LogP) is 6.37. The van der Waals surface area contributed by atoms with E-state index in [-0.39, 0.29) is 24.5 Å². The van der Waals surface area contributed by atoms with E-state index in [2.05, 4.69) is 10.1 Å². The van der Waals surface area contributed by atoms with E-state index >= 15 is 0 Å². The smallest absolute Gasteiger partial charge is 0.406 e. The van der Waals surface area contributed by atoms with Gasteiger partial charge in [0.1, 0.15) is 17.4 Å². The highest BCUT2D eigenvalue weighted by Gasteiger charge is 2.31. The van der Waals surface area contributed by atoms with Crippen LogP contribution in [-0.2, 0) is 4.79 Å². The van der Waals surface area contributed by atoms with Gasteiger partial charge in [0.2, 0.25) is 5.91 Å². The average Bonchev–Trinajstić information content (AvgIpc) is 2.76. The van der Waals surface area contributed by atoms with Crippen molar-refractivity contribution in [1.29, 1.82) is 0 Å². The molecule has 0 aliphatic rings. The second-order valence-corrected chi connectivity index (χ2v) is 7.51. The lowest BCUT2D eigenvalue weighted by Crippen LogP contribution is -2.26. The summed E-state index contributed by atoms with van der Waals surface area (Å²) in [7, 11) is 0. The van der Waals surface area contributed by atoms with Crippen molar-refractivity contribution in [1.82, 2.24) is 5.32 Å². The van der Waals surface area contributed by atoms with Gasteiger partial charge in [-0.25, -0.2) is 8.78 Å². The van der Waals surface area contributed by atoms with Gasteiger partial charge in [-0.15, -0.1) is 13.2 Å². The molecule has 0 radical (unpaired) electrons. The molecular formula is C25H20F5NO3. The first-order valence-corrected chi connectivity index (χ1v) is 10.2. The summed E-state index contributed by atoms with van der Waals surface area (Å²) in [6.07, 6.45) is -4.87. The molecule has 0 fully saturated rings. The standard InChI is InChI=1S/C25H20F5NO3/c1-15(32)31-22(13-14-23(33)24-20(26)3-2-4-21(24)27)18-7-5-16(6-8-18)17-9-11-19(12-10-17)34-25(28,29)30/h2-12,22H,13-14H2,1H3,(H,31,32)/t22-/m1/s1. The maximum Gasteiger partial charge on any atom is 0.573 e. The number of amides is 1. The lowest BCUT2D eigenvalue weighted by atomic mass is 9.95. The minimum atomic E-state index is -4.78. The van der Waals surface area contributed by atoms with Crippen molar-refractivity contribution >= 4 is 11.7 Å². The number of nitrogens with one attached hydrogen (secondary N) is 1. The number of ketones is 1. The van der Waals surface area contributed by atoms with Gasteiger partial charge in [0.05, 0.1) is 11.6 Å². The first kappa shape index (κ1) is 24.9. The fourth-order valence-electron chi connectivity index (χ4n) is 3.49. The molecule has 0 spiro atoms. The van der Waals surface area contributed by atoms with E-state index in [9.17, 15) is 31.5 Å². The average molecular weight is 477 g/mol. The van der Waals surface area contributed by atoms with Crippen LogP contribution in [0.25, 0.3) is 11.1 Å². The van der Waals surface area contributed by atoms with Crippen LogP contribution in [0.1, 0.15) is 41.7 Å². The van der Waals surface area contributed by atoms with Gasteiger partial charge in [0.15, 0.2) is 5.78 Å². The number of Topliss-reactive ketones (excluding diaryl/α,β-unsaturated/α-hetero) is 1. The van der Waals surface area contributed by atoms with E-state index in [0.717, 1.165) is 12.1 Å². The van der Waals surface area contributed by atoms with Crippen molar-refractivity contribution in [2.24, 2.45) is 0 Å². The molecule has 1 atom stereocenters. The maximum atomic E-state index is 13.9. The van der Waals surface area contributed by atoms with E-state index in [1.54, 1.807) is 24.3 Å². The van der Waals surface area contributed by atoms with Crippen molar-refractivity contribution in [3.05, 3.63) is 89.5 Å². The molecule has 0 aromatic heterocycles. The Kier molecular flexibility index (Phi) is 7.65. The highest BCUT2D eigenvalue weighted by Crippen LogP contribution is 2.28. The number of halogens is 5. The molecule has 9 heteroatoms. The van der Waals surface area contributed by atoms with Gasteiger partial charge in [0, 0.05) is 13.3 Å². The SMILES string of the molecule is CC(=O)N[C@H](CCC(=O)c1c(F)cccc1F)c1ccc(-c2ccc(OC(F)(F)F)cc2)cc1. The fourth-order valence-corrected chi connectivity index (χ4v) is 3.49. The van der Waals surface area contributed by atoms with Crippen molar-refractivity contribution in [2.75, 3.05) is 0 Å². The summed E-state index contributed by atoms with van der Waals surface area (Å²) >= 11 is 0. The number of carbonyl (C=O) groups excluding carboxylic acids is 2. The molecule has 0 aliphatic heterocycles. The molecule has 4 nitrogen and oxygen atoms in total. The molecule has 0 aliphatic carbocycles. The summed E-state index contributed by atoms with van der Waals surface area (Å²) in [6, 6.07) is 14.7. The molecule has 0 heterocycles. The monoisotopic (exact) mass is 477 g/mol. The summed E-state index contributed by atoms with van der Waals surface area (Å²) < 4.78 is 68.6. The highest BCUT2D eigenvalue weighted by molar-refractivity contribution is 5.96. The zero-order valence-corrected chi connectivity index (χ0v) is 18.0. The van der Waals surface area contributed by atoms with Crippen molar-refractivity contribution < 1.29 is 36.3 Å². The summed E-state index contributed by atoms with van der Waals surface area (Å²) in [5.41, 5.74) is 1.38. The topological polar surface area (TPSA) is 55.4 Å². The van der Waals surface area contributed by atoms with Gasteiger partial charge in [-0.3, -0.25) is 9.59 Å². The van der Waals surface area contributed by atoms with Crippen LogP contribution in [0, 0.1) is 11.6 Å². The second-order valence-electron chi connectivity index (χ2n) is 7.51. The Morgan fingerprint density at radius 1 is 0.882 bits per heavy atom. The lowest BCUT2D eigenvalue weighted by molar-refractivity contribution is -0.274. The van der Waals surface area contributed by atoms with Crippen LogP contribution < -0.4 is 10.1 Å². The highest BCUT2D eigenvalue weighted by atomic mass is 19.4. The van der Waals surface area contributed by atoms with Gasteiger partial charge in [-0.05, 0) is 47.4 Å². The minimum absolute atomic E-state index is 0.106. The first-order valence-electron chi connectivity index (χ1n) is 10.2. The van der Waals surface area contributed by atoms with Crippen LogP contribution in [0.15, 0.2) is 66.7 Å². The molecule has 3 aromatic carbocycles.